The van der Waals surface area contributed by atoms with Crippen LogP contribution in [0.3, 0.4) is 0 Å². The molecule has 0 unspecified atom stereocenters. The summed E-state index contributed by atoms with van der Waals surface area (Å²) in [7, 11) is 0. The van der Waals surface area contributed by atoms with Gasteiger partial charge in [-0.2, -0.15) is 0 Å². The number of nitrogens with one attached hydrogen (secondary N) is 2. The Balaban J connectivity index is 1.33. The van der Waals surface area contributed by atoms with E-state index in [9.17, 15) is 14.4 Å². The van der Waals surface area contributed by atoms with Crippen molar-refractivity contribution in [3.05, 3.63) is 122 Å². The molecule has 1 aliphatic carbocycles. The zero-order valence-corrected chi connectivity index (χ0v) is 20.5. The van der Waals surface area contributed by atoms with E-state index >= 15 is 0 Å². The van der Waals surface area contributed by atoms with Gasteiger partial charge in [0.1, 0.15) is 11.1 Å². The molecule has 2 amide bonds. The second kappa shape index (κ2) is 10.7. The quantitative estimate of drug-likeness (QED) is 0.367. The molecular weight excluding hydrogens is 472 g/mol. The molecule has 0 atom stereocenters. The number of carbonyl (C=O) groups is 2. The molecule has 0 radical (unpaired) electrons. The SMILES string of the molecule is O=C(NCc1csc(Cc2ccccc2)n1)c1cn(Cc2ccccc2)cc(C(=O)NC2CC2)c1=O. The van der Waals surface area contributed by atoms with E-state index < -0.39 is 17.2 Å². The second-order valence-electron chi connectivity index (χ2n) is 8.90. The molecule has 7 nitrogen and oxygen atoms in total. The molecule has 5 rings (SSSR count). The Morgan fingerprint density at radius 3 is 2.22 bits per heavy atom. The molecule has 1 aliphatic rings. The minimum atomic E-state index is -0.571. The lowest BCUT2D eigenvalue weighted by atomic mass is 10.1. The molecule has 0 aliphatic heterocycles. The van der Waals surface area contributed by atoms with Gasteiger partial charge in [0.2, 0.25) is 5.43 Å². The van der Waals surface area contributed by atoms with E-state index in [1.54, 1.807) is 4.57 Å². The second-order valence-corrected chi connectivity index (χ2v) is 9.84. The fourth-order valence-corrected chi connectivity index (χ4v) is 4.71. The first-order chi connectivity index (χ1) is 17.5. The van der Waals surface area contributed by atoms with E-state index in [0.717, 1.165) is 35.5 Å². The van der Waals surface area contributed by atoms with Gasteiger partial charge in [-0.1, -0.05) is 60.7 Å². The predicted octanol–water partition coefficient (Wildman–Crippen LogP) is 3.77. The van der Waals surface area contributed by atoms with Gasteiger partial charge in [-0.3, -0.25) is 14.4 Å². The van der Waals surface area contributed by atoms with Crippen molar-refractivity contribution in [2.45, 2.75) is 38.4 Å². The van der Waals surface area contributed by atoms with Gasteiger partial charge in [0.05, 0.1) is 17.2 Å². The molecule has 4 aromatic rings. The number of hydrogen-bond acceptors (Lipinski definition) is 5. The molecule has 1 fully saturated rings. The summed E-state index contributed by atoms with van der Waals surface area (Å²) in [6.07, 6.45) is 5.58. The Morgan fingerprint density at radius 1 is 0.917 bits per heavy atom. The monoisotopic (exact) mass is 498 g/mol. The molecule has 0 saturated heterocycles. The molecule has 2 aromatic carbocycles. The van der Waals surface area contributed by atoms with Crippen LogP contribution < -0.4 is 16.1 Å². The normalized spacial score (nSPS) is 12.8. The third-order valence-electron chi connectivity index (χ3n) is 5.92. The van der Waals surface area contributed by atoms with Crippen LogP contribution in [-0.4, -0.2) is 27.4 Å². The van der Waals surface area contributed by atoms with Crippen LogP contribution in [0.5, 0.6) is 0 Å². The molecule has 2 N–H and O–H groups in total. The minimum Gasteiger partial charge on any atom is -0.349 e. The zero-order valence-electron chi connectivity index (χ0n) is 19.6. The van der Waals surface area contributed by atoms with Gasteiger partial charge in [-0.15, -0.1) is 11.3 Å². The summed E-state index contributed by atoms with van der Waals surface area (Å²) in [5.74, 6) is -0.968. The van der Waals surface area contributed by atoms with Gasteiger partial charge in [0.25, 0.3) is 11.8 Å². The first kappa shape index (κ1) is 23.7. The van der Waals surface area contributed by atoms with Crippen LogP contribution in [0.25, 0.3) is 0 Å². The average Bonchev–Trinajstić information content (AvgIpc) is 3.60. The lowest BCUT2D eigenvalue weighted by Crippen LogP contribution is -2.36. The van der Waals surface area contributed by atoms with Crippen LogP contribution in [0.4, 0.5) is 0 Å². The Kier molecular flexibility index (Phi) is 7.04. The van der Waals surface area contributed by atoms with Gasteiger partial charge in [-0.05, 0) is 24.0 Å². The number of rotatable bonds is 9. The topological polar surface area (TPSA) is 93.1 Å². The number of carbonyl (C=O) groups excluding carboxylic acids is 2. The molecule has 0 spiro atoms. The van der Waals surface area contributed by atoms with E-state index in [0.29, 0.717) is 6.54 Å². The van der Waals surface area contributed by atoms with Crippen LogP contribution in [0.1, 0.15) is 55.4 Å². The van der Waals surface area contributed by atoms with Gasteiger partial charge in [-0.25, -0.2) is 4.98 Å². The van der Waals surface area contributed by atoms with Crippen molar-refractivity contribution in [2.75, 3.05) is 0 Å². The van der Waals surface area contributed by atoms with Crippen molar-refractivity contribution in [3.8, 4) is 0 Å². The predicted molar refractivity (Wildman–Crippen MR) is 139 cm³/mol. The number of amides is 2. The maximum Gasteiger partial charge on any atom is 0.257 e. The molecular formula is C28H26N4O3S. The molecule has 1 saturated carbocycles. The number of pyridine rings is 1. The van der Waals surface area contributed by atoms with E-state index in [2.05, 4.69) is 27.8 Å². The summed E-state index contributed by atoms with van der Waals surface area (Å²) in [5, 5.41) is 8.52. The van der Waals surface area contributed by atoms with Crippen molar-refractivity contribution >= 4 is 23.2 Å². The van der Waals surface area contributed by atoms with Crippen LogP contribution in [0, 0.1) is 0 Å². The first-order valence-corrected chi connectivity index (χ1v) is 12.8. The van der Waals surface area contributed by atoms with Crippen molar-refractivity contribution < 1.29 is 9.59 Å². The third-order valence-corrected chi connectivity index (χ3v) is 6.81. The first-order valence-electron chi connectivity index (χ1n) is 11.9. The summed E-state index contributed by atoms with van der Waals surface area (Å²) in [5.41, 5.74) is 2.24. The Hall–Kier alpha value is -4.04. The summed E-state index contributed by atoms with van der Waals surface area (Å²) in [6.45, 7) is 0.626. The zero-order chi connectivity index (χ0) is 24.9. The van der Waals surface area contributed by atoms with Crippen LogP contribution >= 0.6 is 11.3 Å². The summed E-state index contributed by atoms with van der Waals surface area (Å²) < 4.78 is 1.72. The Labute approximate surface area is 212 Å². The highest BCUT2D eigenvalue weighted by Gasteiger charge is 2.26. The third kappa shape index (κ3) is 5.95. The largest absolute Gasteiger partial charge is 0.349 e. The smallest absolute Gasteiger partial charge is 0.257 e. The van der Waals surface area contributed by atoms with E-state index in [1.807, 2.05) is 53.9 Å². The van der Waals surface area contributed by atoms with Gasteiger partial charge in [0, 0.05) is 36.8 Å². The van der Waals surface area contributed by atoms with Crippen molar-refractivity contribution in [2.24, 2.45) is 0 Å². The Bertz CT molecular complexity index is 1430. The lowest BCUT2D eigenvalue weighted by Gasteiger charge is -2.12. The van der Waals surface area contributed by atoms with Crippen LogP contribution in [0.2, 0.25) is 0 Å². The number of nitrogens with zero attached hydrogens (tertiary/aromatic N) is 2. The standard InChI is InChI=1S/C28H26N4O3S/c33-26-23(27(34)29-14-22-18-36-25(30-22)13-19-7-3-1-4-8-19)16-32(15-20-9-5-2-6-10-20)17-24(26)28(35)31-21-11-12-21/h1-10,16-18,21H,11-15H2,(H,29,34)(H,31,35). The molecule has 2 aromatic heterocycles. The maximum atomic E-state index is 13.1. The maximum absolute atomic E-state index is 13.1. The number of hydrogen-bond donors (Lipinski definition) is 2. The van der Waals surface area contributed by atoms with Gasteiger partial charge >= 0.3 is 0 Å². The number of aromatic nitrogens is 2. The number of thiazole rings is 1. The molecule has 0 bridgehead atoms. The molecule has 182 valence electrons. The molecule has 2 heterocycles. The fraction of sp³-hybridized carbons (Fsp3) is 0.214. The van der Waals surface area contributed by atoms with Crippen LogP contribution in [-0.2, 0) is 19.5 Å². The Morgan fingerprint density at radius 2 is 1.56 bits per heavy atom. The number of benzene rings is 2. The van der Waals surface area contributed by atoms with Gasteiger partial charge in [0.15, 0.2) is 0 Å². The van der Waals surface area contributed by atoms with Gasteiger partial charge < -0.3 is 15.2 Å². The summed E-state index contributed by atoms with van der Waals surface area (Å²) in [6, 6.07) is 19.8. The summed E-state index contributed by atoms with van der Waals surface area (Å²) in [4.78, 5) is 43.6. The van der Waals surface area contributed by atoms with Crippen molar-refractivity contribution in [1.82, 2.24) is 20.2 Å². The van der Waals surface area contributed by atoms with E-state index in [1.165, 1.54) is 29.3 Å². The van der Waals surface area contributed by atoms with E-state index in [4.69, 9.17) is 0 Å². The lowest BCUT2D eigenvalue weighted by molar-refractivity contribution is 0.0947. The highest BCUT2D eigenvalue weighted by Crippen LogP contribution is 2.19. The van der Waals surface area contributed by atoms with Crippen LogP contribution in [0.15, 0.2) is 83.2 Å². The van der Waals surface area contributed by atoms with Crippen molar-refractivity contribution in [1.29, 1.82) is 0 Å². The molecule has 8 heteroatoms. The van der Waals surface area contributed by atoms with E-state index in [-0.39, 0.29) is 23.7 Å². The fourth-order valence-electron chi connectivity index (χ4n) is 3.88. The minimum absolute atomic E-state index is 0.0238. The van der Waals surface area contributed by atoms with Crippen molar-refractivity contribution in [3.63, 3.8) is 0 Å². The highest BCUT2D eigenvalue weighted by atomic mass is 32.1. The highest BCUT2D eigenvalue weighted by molar-refractivity contribution is 7.09. The molecule has 36 heavy (non-hydrogen) atoms. The average molecular weight is 499 g/mol. The summed E-state index contributed by atoms with van der Waals surface area (Å²) >= 11 is 1.54.